The molecule has 0 unspecified atom stereocenters. The third kappa shape index (κ3) is 2.91. The molecule has 0 bridgehead atoms. The Kier molecular flexibility index (Phi) is 4.33. The first-order valence-electron chi connectivity index (χ1n) is 12.1. The Morgan fingerprint density at radius 1 is 0.941 bits per heavy atom. The van der Waals surface area contributed by atoms with Crippen molar-refractivity contribution in [2.75, 3.05) is 18.0 Å². The van der Waals surface area contributed by atoms with Gasteiger partial charge >= 0.3 is 0 Å². The van der Waals surface area contributed by atoms with Crippen LogP contribution in [0.1, 0.15) is 47.0 Å². The lowest BCUT2D eigenvalue weighted by Gasteiger charge is -2.42. The van der Waals surface area contributed by atoms with Crippen molar-refractivity contribution >= 4 is 22.4 Å². The number of hydrogen-bond donors (Lipinski definition) is 1. The molecule has 34 heavy (non-hydrogen) atoms. The van der Waals surface area contributed by atoms with E-state index in [9.17, 15) is 0 Å². The van der Waals surface area contributed by atoms with Gasteiger partial charge in [0.05, 0.1) is 29.7 Å². The van der Waals surface area contributed by atoms with E-state index in [4.69, 9.17) is 20.7 Å². The molecule has 4 heterocycles. The fourth-order valence-corrected chi connectivity index (χ4v) is 6.12. The maximum Gasteiger partial charge on any atom is 0.147 e. The summed E-state index contributed by atoms with van der Waals surface area (Å²) in [5, 5.41) is 1.10. The van der Waals surface area contributed by atoms with Crippen LogP contribution in [0.25, 0.3) is 10.9 Å². The molecule has 0 saturated carbocycles. The van der Waals surface area contributed by atoms with Crippen LogP contribution in [0.4, 0.5) is 5.82 Å². The van der Waals surface area contributed by atoms with Gasteiger partial charge < -0.3 is 10.6 Å². The monoisotopic (exact) mass is 446 g/mol. The summed E-state index contributed by atoms with van der Waals surface area (Å²) in [5.74, 6) is 0.953. The zero-order chi connectivity index (χ0) is 22.7. The summed E-state index contributed by atoms with van der Waals surface area (Å²) in [5.41, 5.74) is 14.5. The fraction of sp³-hybridized carbons (Fsp3) is 0.286. The van der Waals surface area contributed by atoms with Crippen LogP contribution < -0.4 is 10.6 Å². The molecule has 6 heteroatoms. The first-order chi connectivity index (χ1) is 16.7. The standard InChI is InChI=1S/C28H26N6/c29-27-19-6-2-1-5-18(19)15-28(27)10-13-34(14-11-28)24-17-32-26-23(33-24)16-31-25(26)21-7-3-9-22-20(21)8-4-12-30-22/h1-9,12,17,27H,10-11,13-16,29H2/t27-/m0/s1. The minimum Gasteiger partial charge on any atom is -0.355 e. The van der Waals surface area contributed by atoms with Gasteiger partial charge in [0.2, 0.25) is 0 Å². The predicted octanol–water partition coefficient (Wildman–Crippen LogP) is 4.22. The van der Waals surface area contributed by atoms with E-state index in [1.807, 2.05) is 30.6 Å². The van der Waals surface area contributed by atoms with Crippen LogP contribution in [0, 0.1) is 5.41 Å². The Bertz CT molecular complexity index is 1450. The van der Waals surface area contributed by atoms with Crippen LogP contribution >= 0.6 is 0 Å². The summed E-state index contributed by atoms with van der Waals surface area (Å²) >= 11 is 0. The highest BCUT2D eigenvalue weighted by molar-refractivity contribution is 6.19. The lowest BCUT2D eigenvalue weighted by molar-refractivity contribution is 0.187. The number of nitrogens with two attached hydrogens (primary N) is 1. The molecular weight excluding hydrogens is 420 g/mol. The SMILES string of the molecule is N[C@H]1c2ccccc2CC12CCN(c1cnc3c(n1)CN=C3c1cccc3ncccc13)CC2. The normalized spacial score (nSPS) is 20.4. The molecule has 6 nitrogen and oxygen atoms in total. The Labute approximate surface area is 198 Å². The first-order valence-corrected chi connectivity index (χ1v) is 12.1. The fourth-order valence-electron chi connectivity index (χ4n) is 6.12. The maximum atomic E-state index is 6.76. The van der Waals surface area contributed by atoms with Crippen molar-refractivity contribution in [2.45, 2.75) is 31.8 Å². The molecule has 2 aromatic carbocycles. The van der Waals surface area contributed by atoms with E-state index in [0.717, 1.165) is 71.7 Å². The minimum atomic E-state index is 0.128. The molecule has 2 aromatic heterocycles. The number of aromatic nitrogens is 3. The summed E-state index contributed by atoms with van der Waals surface area (Å²) in [4.78, 5) is 21.5. The Hall–Kier alpha value is -3.64. The number of aliphatic imine (C=N–C) groups is 1. The van der Waals surface area contributed by atoms with Gasteiger partial charge in [0.1, 0.15) is 11.5 Å². The van der Waals surface area contributed by atoms with Gasteiger partial charge in [0, 0.05) is 36.3 Å². The summed E-state index contributed by atoms with van der Waals surface area (Å²) in [7, 11) is 0. The summed E-state index contributed by atoms with van der Waals surface area (Å²) in [6, 6.07) is 19.0. The highest BCUT2D eigenvalue weighted by Crippen LogP contribution is 2.50. The van der Waals surface area contributed by atoms with Gasteiger partial charge in [-0.25, -0.2) is 9.97 Å². The van der Waals surface area contributed by atoms with Crippen LogP contribution in [0.2, 0.25) is 0 Å². The van der Waals surface area contributed by atoms with Crippen LogP contribution in [0.5, 0.6) is 0 Å². The van der Waals surface area contributed by atoms with Crippen LogP contribution in [0.3, 0.4) is 0 Å². The van der Waals surface area contributed by atoms with Crippen molar-refractivity contribution in [3.63, 3.8) is 0 Å². The van der Waals surface area contributed by atoms with Gasteiger partial charge in [-0.15, -0.1) is 0 Å². The molecule has 1 aliphatic carbocycles. The number of piperidine rings is 1. The second kappa shape index (κ2) is 7.43. The van der Waals surface area contributed by atoms with Crippen molar-refractivity contribution < 1.29 is 0 Å². The van der Waals surface area contributed by atoms with Gasteiger partial charge in [-0.1, -0.05) is 42.5 Å². The third-order valence-corrected chi connectivity index (χ3v) is 8.02. The molecule has 1 atom stereocenters. The van der Waals surface area contributed by atoms with Crippen LogP contribution in [-0.4, -0.2) is 33.8 Å². The van der Waals surface area contributed by atoms with Crippen LogP contribution in [-0.2, 0) is 13.0 Å². The van der Waals surface area contributed by atoms with Crippen molar-refractivity contribution in [3.05, 3.63) is 95.1 Å². The lowest BCUT2D eigenvalue weighted by Crippen LogP contribution is -2.44. The average Bonchev–Trinajstić information content (AvgIpc) is 3.43. The molecule has 0 amide bonds. The predicted molar refractivity (Wildman–Crippen MR) is 134 cm³/mol. The smallest absolute Gasteiger partial charge is 0.147 e. The summed E-state index contributed by atoms with van der Waals surface area (Å²) in [6.45, 7) is 2.48. The highest BCUT2D eigenvalue weighted by atomic mass is 15.2. The van der Waals surface area contributed by atoms with Gasteiger partial charge in [0.15, 0.2) is 0 Å². The zero-order valence-electron chi connectivity index (χ0n) is 19.0. The molecule has 168 valence electrons. The van der Waals surface area contributed by atoms with E-state index in [-0.39, 0.29) is 11.5 Å². The number of nitrogens with zero attached hydrogens (tertiary/aromatic N) is 5. The van der Waals surface area contributed by atoms with E-state index in [2.05, 4.69) is 46.3 Å². The van der Waals surface area contributed by atoms with E-state index in [0.29, 0.717) is 6.54 Å². The number of rotatable bonds is 2. The first kappa shape index (κ1) is 19.8. The van der Waals surface area contributed by atoms with E-state index in [1.54, 1.807) is 0 Å². The maximum absolute atomic E-state index is 6.76. The van der Waals surface area contributed by atoms with Gasteiger partial charge in [-0.2, -0.15) is 0 Å². The van der Waals surface area contributed by atoms with Crippen molar-refractivity contribution in [2.24, 2.45) is 16.1 Å². The van der Waals surface area contributed by atoms with Crippen molar-refractivity contribution in [3.8, 4) is 0 Å². The Morgan fingerprint density at radius 2 is 1.82 bits per heavy atom. The van der Waals surface area contributed by atoms with Crippen molar-refractivity contribution in [1.29, 1.82) is 0 Å². The summed E-state index contributed by atoms with van der Waals surface area (Å²) in [6.07, 6.45) is 6.98. The number of hydrogen-bond acceptors (Lipinski definition) is 6. The molecule has 3 aliphatic rings. The van der Waals surface area contributed by atoms with Crippen LogP contribution in [0.15, 0.2) is 72.0 Å². The summed E-state index contributed by atoms with van der Waals surface area (Å²) < 4.78 is 0. The third-order valence-electron chi connectivity index (χ3n) is 8.02. The molecule has 2 N–H and O–H groups in total. The number of anilines is 1. The number of pyridine rings is 1. The van der Waals surface area contributed by atoms with Gasteiger partial charge in [-0.3, -0.25) is 9.98 Å². The molecular formula is C28H26N6. The van der Waals surface area contributed by atoms with Crippen molar-refractivity contribution in [1.82, 2.24) is 15.0 Å². The topological polar surface area (TPSA) is 80.3 Å². The minimum absolute atomic E-state index is 0.128. The van der Waals surface area contributed by atoms with Gasteiger partial charge in [0.25, 0.3) is 0 Å². The number of benzene rings is 2. The quantitative estimate of drug-likeness (QED) is 0.499. The number of fused-ring (bicyclic) bond motifs is 3. The Balaban J connectivity index is 1.13. The largest absolute Gasteiger partial charge is 0.355 e. The van der Waals surface area contributed by atoms with E-state index < -0.39 is 0 Å². The second-order valence-electron chi connectivity index (χ2n) is 9.77. The van der Waals surface area contributed by atoms with E-state index in [1.165, 1.54) is 11.1 Å². The lowest BCUT2D eigenvalue weighted by atomic mass is 9.73. The Morgan fingerprint density at radius 3 is 2.71 bits per heavy atom. The van der Waals surface area contributed by atoms with Gasteiger partial charge in [-0.05, 0) is 47.9 Å². The van der Waals surface area contributed by atoms with E-state index >= 15 is 0 Å². The molecule has 4 aromatic rings. The second-order valence-corrected chi connectivity index (χ2v) is 9.77. The molecule has 1 spiro atoms. The molecule has 1 fully saturated rings. The molecule has 1 saturated heterocycles. The zero-order valence-corrected chi connectivity index (χ0v) is 19.0. The molecule has 7 rings (SSSR count). The average molecular weight is 447 g/mol. The molecule has 0 radical (unpaired) electrons. The highest BCUT2D eigenvalue weighted by Gasteiger charge is 2.46. The molecule has 2 aliphatic heterocycles.